The number of fused-ring (bicyclic) bond motifs is 1. The summed E-state index contributed by atoms with van der Waals surface area (Å²) in [6.45, 7) is 2.46. The van der Waals surface area contributed by atoms with Crippen molar-refractivity contribution in [3.8, 4) is 17.4 Å². The van der Waals surface area contributed by atoms with Gasteiger partial charge < -0.3 is 25.0 Å². The average Bonchev–Trinajstić information content (AvgIpc) is 2.58. The molecule has 0 aliphatic heterocycles. The molecule has 0 radical (unpaired) electrons. The number of nitrogens with zero attached hydrogens (tertiary/aromatic N) is 1. The molecule has 0 aliphatic carbocycles. The standard InChI is InChI=1S/C16H19ClN2O5/c1-2-3-8-23-10-4-5-11-12(9-10)14(17)19-15(13(11)21)24-16(22)18-6-7-20/h4-5,9,20-21H,2-3,6-8H2,1H3,(H,18,22). The van der Waals surface area contributed by atoms with Crippen molar-refractivity contribution in [2.45, 2.75) is 19.8 Å². The van der Waals surface area contributed by atoms with Crippen LogP contribution < -0.4 is 14.8 Å². The molecule has 0 saturated heterocycles. The second-order valence-electron chi connectivity index (χ2n) is 5.01. The van der Waals surface area contributed by atoms with Crippen molar-refractivity contribution >= 4 is 28.5 Å². The SMILES string of the molecule is CCCCOc1ccc2c(O)c(OC(=O)NCCO)nc(Cl)c2c1. The lowest BCUT2D eigenvalue weighted by Crippen LogP contribution is -2.29. The van der Waals surface area contributed by atoms with Crippen LogP contribution in [0.5, 0.6) is 17.4 Å². The van der Waals surface area contributed by atoms with Crippen LogP contribution >= 0.6 is 11.6 Å². The number of nitrogens with one attached hydrogen (secondary N) is 1. The number of pyridine rings is 1. The Morgan fingerprint density at radius 1 is 1.38 bits per heavy atom. The van der Waals surface area contributed by atoms with E-state index in [1.54, 1.807) is 18.2 Å². The summed E-state index contributed by atoms with van der Waals surface area (Å²) in [5.74, 6) is 0.0182. The third-order valence-electron chi connectivity index (χ3n) is 3.21. The van der Waals surface area contributed by atoms with Crippen LogP contribution in [0.2, 0.25) is 5.15 Å². The zero-order chi connectivity index (χ0) is 17.5. The highest BCUT2D eigenvalue weighted by atomic mass is 35.5. The number of carbonyl (C=O) groups is 1. The third kappa shape index (κ3) is 4.39. The van der Waals surface area contributed by atoms with Crippen molar-refractivity contribution in [1.82, 2.24) is 10.3 Å². The lowest BCUT2D eigenvalue weighted by Gasteiger charge is -2.11. The number of aromatic hydroxyl groups is 1. The predicted octanol–water partition coefficient (Wildman–Crippen LogP) is 2.85. The number of unbranched alkanes of at least 4 members (excludes halogenated alkanes) is 1. The van der Waals surface area contributed by atoms with Gasteiger partial charge in [0.2, 0.25) is 0 Å². The van der Waals surface area contributed by atoms with Gasteiger partial charge in [0.25, 0.3) is 5.88 Å². The fourth-order valence-electron chi connectivity index (χ4n) is 2.00. The van der Waals surface area contributed by atoms with E-state index in [0.717, 1.165) is 12.8 Å². The fourth-order valence-corrected chi connectivity index (χ4v) is 2.23. The predicted molar refractivity (Wildman–Crippen MR) is 89.9 cm³/mol. The van der Waals surface area contributed by atoms with Gasteiger partial charge >= 0.3 is 6.09 Å². The van der Waals surface area contributed by atoms with E-state index in [2.05, 4.69) is 17.2 Å². The summed E-state index contributed by atoms with van der Waals surface area (Å²) >= 11 is 6.13. The van der Waals surface area contributed by atoms with Gasteiger partial charge in [-0.2, -0.15) is 4.98 Å². The van der Waals surface area contributed by atoms with E-state index in [-0.39, 0.29) is 29.9 Å². The number of rotatable bonds is 7. The second kappa shape index (κ2) is 8.56. The third-order valence-corrected chi connectivity index (χ3v) is 3.50. The first-order valence-electron chi connectivity index (χ1n) is 7.58. The summed E-state index contributed by atoms with van der Waals surface area (Å²) < 4.78 is 10.5. The Kier molecular flexibility index (Phi) is 6.45. The number of ether oxygens (including phenoxy) is 2. The lowest BCUT2D eigenvalue weighted by molar-refractivity contribution is 0.192. The van der Waals surface area contributed by atoms with Gasteiger partial charge in [0.1, 0.15) is 10.9 Å². The summed E-state index contributed by atoms with van der Waals surface area (Å²) in [5.41, 5.74) is 0. The number of hydrogen-bond donors (Lipinski definition) is 3. The normalized spacial score (nSPS) is 10.6. The summed E-state index contributed by atoms with van der Waals surface area (Å²) in [4.78, 5) is 15.4. The molecule has 0 bridgehead atoms. The Morgan fingerprint density at radius 2 is 2.17 bits per heavy atom. The highest BCUT2D eigenvalue weighted by molar-refractivity contribution is 6.34. The van der Waals surface area contributed by atoms with Crippen LogP contribution in [0.25, 0.3) is 10.8 Å². The van der Waals surface area contributed by atoms with E-state index in [1.165, 1.54) is 0 Å². The van der Waals surface area contributed by atoms with E-state index >= 15 is 0 Å². The monoisotopic (exact) mass is 354 g/mol. The molecule has 0 unspecified atom stereocenters. The Balaban J connectivity index is 2.26. The summed E-state index contributed by atoms with van der Waals surface area (Å²) in [7, 11) is 0. The molecule has 1 heterocycles. The van der Waals surface area contributed by atoms with Crippen LogP contribution in [0, 0.1) is 0 Å². The molecule has 24 heavy (non-hydrogen) atoms. The lowest BCUT2D eigenvalue weighted by atomic mass is 10.1. The number of aliphatic hydroxyl groups excluding tert-OH is 1. The Morgan fingerprint density at radius 3 is 2.88 bits per heavy atom. The minimum Gasteiger partial charge on any atom is -0.503 e. The molecule has 3 N–H and O–H groups in total. The van der Waals surface area contributed by atoms with Gasteiger partial charge in [-0.3, -0.25) is 0 Å². The van der Waals surface area contributed by atoms with E-state index < -0.39 is 6.09 Å². The topological polar surface area (TPSA) is 101 Å². The summed E-state index contributed by atoms with van der Waals surface area (Å²) in [5, 5.41) is 22.1. The van der Waals surface area contributed by atoms with Crippen molar-refractivity contribution in [1.29, 1.82) is 0 Å². The van der Waals surface area contributed by atoms with Gasteiger partial charge in [0, 0.05) is 17.3 Å². The molecular weight excluding hydrogens is 336 g/mol. The molecule has 0 atom stereocenters. The molecule has 0 spiro atoms. The smallest absolute Gasteiger partial charge is 0.414 e. The van der Waals surface area contributed by atoms with E-state index in [9.17, 15) is 9.90 Å². The Hall–Kier alpha value is -2.25. The van der Waals surface area contributed by atoms with Crippen LogP contribution in [0.4, 0.5) is 4.79 Å². The molecule has 2 aromatic rings. The zero-order valence-corrected chi connectivity index (χ0v) is 14.0. The van der Waals surface area contributed by atoms with E-state index in [0.29, 0.717) is 23.1 Å². The first-order chi connectivity index (χ1) is 11.6. The maximum absolute atomic E-state index is 11.5. The van der Waals surface area contributed by atoms with Gasteiger partial charge in [-0.25, -0.2) is 4.79 Å². The van der Waals surface area contributed by atoms with Gasteiger partial charge in [-0.15, -0.1) is 0 Å². The molecule has 0 aliphatic rings. The Labute approximate surface area is 144 Å². The van der Waals surface area contributed by atoms with Gasteiger partial charge in [0.15, 0.2) is 5.75 Å². The fraction of sp³-hybridized carbons (Fsp3) is 0.375. The minimum atomic E-state index is -0.846. The number of benzene rings is 1. The maximum Gasteiger partial charge on any atom is 0.414 e. The van der Waals surface area contributed by atoms with Gasteiger partial charge in [-0.1, -0.05) is 24.9 Å². The molecule has 1 aromatic carbocycles. The Bertz CT molecular complexity index is 723. The number of amides is 1. The van der Waals surface area contributed by atoms with E-state index in [1.807, 2.05) is 0 Å². The number of aromatic nitrogens is 1. The highest BCUT2D eigenvalue weighted by Crippen LogP contribution is 2.38. The second-order valence-corrected chi connectivity index (χ2v) is 5.36. The van der Waals surface area contributed by atoms with Crippen molar-refractivity contribution in [3.63, 3.8) is 0 Å². The molecule has 1 amide bonds. The molecule has 0 saturated carbocycles. The van der Waals surface area contributed by atoms with Crippen molar-refractivity contribution in [3.05, 3.63) is 23.4 Å². The molecule has 0 fully saturated rings. The molecule has 130 valence electrons. The van der Waals surface area contributed by atoms with Crippen LogP contribution in [-0.2, 0) is 0 Å². The maximum atomic E-state index is 11.5. The van der Waals surface area contributed by atoms with Crippen LogP contribution in [0.15, 0.2) is 18.2 Å². The van der Waals surface area contributed by atoms with Crippen LogP contribution in [-0.4, -0.2) is 41.0 Å². The van der Waals surface area contributed by atoms with Crippen LogP contribution in [0.3, 0.4) is 0 Å². The molecule has 1 aromatic heterocycles. The number of halogens is 1. The number of carbonyl (C=O) groups excluding carboxylic acids is 1. The average molecular weight is 355 g/mol. The van der Waals surface area contributed by atoms with Crippen molar-refractivity contribution in [2.75, 3.05) is 19.8 Å². The van der Waals surface area contributed by atoms with Gasteiger partial charge in [0.05, 0.1) is 13.2 Å². The zero-order valence-electron chi connectivity index (χ0n) is 13.2. The van der Waals surface area contributed by atoms with E-state index in [4.69, 9.17) is 26.2 Å². The van der Waals surface area contributed by atoms with Crippen LogP contribution in [0.1, 0.15) is 19.8 Å². The highest BCUT2D eigenvalue weighted by Gasteiger charge is 2.17. The summed E-state index contributed by atoms with van der Waals surface area (Å²) in [6.07, 6.45) is 1.11. The molecule has 7 nitrogen and oxygen atoms in total. The van der Waals surface area contributed by atoms with Crippen molar-refractivity contribution < 1.29 is 24.5 Å². The first-order valence-corrected chi connectivity index (χ1v) is 7.96. The largest absolute Gasteiger partial charge is 0.503 e. The molecular formula is C16H19ClN2O5. The molecule has 8 heteroatoms. The van der Waals surface area contributed by atoms with Gasteiger partial charge in [-0.05, 0) is 24.6 Å². The quantitative estimate of drug-likeness (QED) is 0.522. The molecule has 2 rings (SSSR count). The first kappa shape index (κ1) is 18.1. The number of hydrogen-bond acceptors (Lipinski definition) is 6. The number of aliphatic hydroxyl groups is 1. The summed E-state index contributed by atoms with van der Waals surface area (Å²) in [6, 6.07) is 5.00. The minimum absolute atomic E-state index is 0.0272. The van der Waals surface area contributed by atoms with Crippen molar-refractivity contribution in [2.24, 2.45) is 0 Å².